The largest absolute Gasteiger partial charge is 0.487 e. The van der Waals surface area contributed by atoms with Crippen LogP contribution in [0, 0.1) is 6.92 Å². The first kappa shape index (κ1) is 16.7. The van der Waals surface area contributed by atoms with Crippen molar-refractivity contribution in [1.82, 2.24) is 9.88 Å². The van der Waals surface area contributed by atoms with Crippen LogP contribution in [0.5, 0.6) is 5.75 Å². The number of rotatable bonds is 5. The first-order chi connectivity index (χ1) is 11.7. The van der Waals surface area contributed by atoms with Gasteiger partial charge in [0.15, 0.2) is 0 Å². The molecule has 126 valence electrons. The number of benzene rings is 1. The maximum absolute atomic E-state index is 12.1. The van der Waals surface area contributed by atoms with E-state index >= 15 is 0 Å². The molecule has 0 spiro atoms. The molecule has 0 saturated carbocycles. The molecule has 1 aliphatic rings. The average Bonchev–Trinajstić information content (AvgIpc) is 3.05. The predicted molar refractivity (Wildman–Crippen MR) is 94.1 cm³/mol. The molecule has 2 heterocycles. The van der Waals surface area contributed by atoms with Crippen LogP contribution in [0.15, 0.2) is 35.7 Å². The molecule has 1 saturated heterocycles. The van der Waals surface area contributed by atoms with Gasteiger partial charge in [-0.3, -0.25) is 4.79 Å². The van der Waals surface area contributed by atoms with Crippen molar-refractivity contribution in [1.29, 1.82) is 0 Å². The van der Waals surface area contributed by atoms with Crippen LogP contribution < -0.4 is 4.74 Å². The highest BCUT2D eigenvalue weighted by atomic mass is 32.1. The van der Waals surface area contributed by atoms with Gasteiger partial charge < -0.3 is 14.4 Å². The zero-order valence-electron chi connectivity index (χ0n) is 13.6. The fourth-order valence-electron chi connectivity index (χ4n) is 2.36. The SMILES string of the molecule is Cc1nc(COc2ccc(C=CC(=O)N3CCOCC3)cc2)cs1. The van der Waals surface area contributed by atoms with Crippen LogP contribution in [-0.2, 0) is 16.1 Å². The minimum Gasteiger partial charge on any atom is -0.487 e. The predicted octanol–water partition coefficient (Wildman–Crippen LogP) is 2.90. The topological polar surface area (TPSA) is 51.7 Å². The van der Waals surface area contributed by atoms with Crippen molar-refractivity contribution in [3.05, 3.63) is 52.0 Å². The molecule has 0 aliphatic carbocycles. The smallest absolute Gasteiger partial charge is 0.246 e. The zero-order chi connectivity index (χ0) is 16.8. The Morgan fingerprint density at radius 2 is 2.08 bits per heavy atom. The van der Waals surface area contributed by atoms with E-state index in [9.17, 15) is 4.79 Å². The molecule has 5 nitrogen and oxygen atoms in total. The van der Waals surface area contributed by atoms with Crippen LogP contribution in [0.1, 0.15) is 16.3 Å². The van der Waals surface area contributed by atoms with Gasteiger partial charge in [0.25, 0.3) is 0 Å². The number of hydrogen-bond acceptors (Lipinski definition) is 5. The van der Waals surface area contributed by atoms with E-state index in [1.54, 1.807) is 22.3 Å². The zero-order valence-corrected chi connectivity index (χ0v) is 14.4. The van der Waals surface area contributed by atoms with E-state index in [4.69, 9.17) is 9.47 Å². The number of morpholine rings is 1. The van der Waals surface area contributed by atoms with Gasteiger partial charge in [-0.25, -0.2) is 4.98 Å². The number of ether oxygens (including phenoxy) is 2. The maximum Gasteiger partial charge on any atom is 0.246 e. The molecule has 0 atom stereocenters. The Bertz CT molecular complexity index is 703. The molecule has 1 aromatic heterocycles. The molecule has 1 aromatic carbocycles. The van der Waals surface area contributed by atoms with Crippen LogP contribution in [-0.4, -0.2) is 42.1 Å². The van der Waals surface area contributed by atoms with Crippen molar-refractivity contribution >= 4 is 23.3 Å². The molecule has 0 radical (unpaired) electrons. The van der Waals surface area contributed by atoms with Crippen molar-refractivity contribution < 1.29 is 14.3 Å². The van der Waals surface area contributed by atoms with E-state index < -0.39 is 0 Å². The number of thiazole rings is 1. The van der Waals surface area contributed by atoms with Gasteiger partial charge in [-0.1, -0.05) is 12.1 Å². The third-order valence-electron chi connectivity index (χ3n) is 3.67. The Hall–Kier alpha value is -2.18. The van der Waals surface area contributed by atoms with Crippen molar-refractivity contribution in [3.8, 4) is 5.75 Å². The fraction of sp³-hybridized carbons (Fsp3) is 0.333. The molecule has 0 unspecified atom stereocenters. The lowest BCUT2D eigenvalue weighted by Gasteiger charge is -2.25. The van der Waals surface area contributed by atoms with Gasteiger partial charge in [0, 0.05) is 24.5 Å². The number of nitrogens with zero attached hydrogens (tertiary/aromatic N) is 2. The summed E-state index contributed by atoms with van der Waals surface area (Å²) in [6, 6.07) is 7.67. The maximum atomic E-state index is 12.1. The molecule has 1 fully saturated rings. The number of hydrogen-bond donors (Lipinski definition) is 0. The summed E-state index contributed by atoms with van der Waals surface area (Å²) in [5.74, 6) is 0.815. The Morgan fingerprint density at radius 1 is 1.33 bits per heavy atom. The average molecular weight is 344 g/mol. The van der Waals surface area contributed by atoms with Gasteiger partial charge in [-0.15, -0.1) is 11.3 Å². The number of aryl methyl sites for hydroxylation is 1. The van der Waals surface area contributed by atoms with Crippen molar-refractivity contribution in [3.63, 3.8) is 0 Å². The van der Waals surface area contributed by atoms with Crippen molar-refractivity contribution in [2.24, 2.45) is 0 Å². The summed E-state index contributed by atoms with van der Waals surface area (Å²) < 4.78 is 11.0. The van der Waals surface area contributed by atoms with E-state index in [2.05, 4.69) is 4.98 Å². The summed E-state index contributed by atoms with van der Waals surface area (Å²) in [5.41, 5.74) is 1.91. The van der Waals surface area contributed by atoms with Crippen LogP contribution in [0.3, 0.4) is 0 Å². The lowest BCUT2D eigenvalue weighted by atomic mass is 10.2. The Balaban J connectivity index is 1.52. The van der Waals surface area contributed by atoms with Gasteiger partial charge in [-0.2, -0.15) is 0 Å². The van der Waals surface area contributed by atoms with Crippen LogP contribution >= 0.6 is 11.3 Å². The van der Waals surface area contributed by atoms with Crippen LogP contribution in [0.25, 0.3) is 6.08 Å². The van der Waals surface area contributed by atoms with Gasteiger partial charge in [0.2, 0.25) is 5.91 Å². The molecule has 1 aliphatic heterocycles. The van der Waals surface area contributed by atoms with E-state index in [-0.39, 0.29) is 5.91 Å². The summed E-state index contributed by atoms with van der Waals surface area (Å²) in [6.45, 7) is 4.99. The summed E-state index contributed by atoms with van der Waals surface area (Å²) in [6.07, 6.45) is 3.44. The van der Waals surface area contributed by atoms with Gasteiger partial charge in [-0.05, 0) is 30.7 Å². The van der Waals surface area contributed by atoms with Gasteiger partial charge in [0.05, 0.1) is 23.9 Å². The Labute approximate surface area is 145 Å². The Kier molecular flexibility index (Phi) is 5.61. The molecular weight excluding hydrogens is 324 g/mol. The summed E-state index contributed by atoms with van der Waals surface area (Å²) in [5, 5.41) is 3.04. The first-order valence-corrected chi connectivity index (χ1v) is 8.77. The molecule has 6 heteroatoms. The Morgan fingerprint density at radius 3 is 2.75 bits per heavy atom. The standard InChI is InChI=1S/C18H20N2O3S/c1-14-19-16(13-24-14)12-23-17-5-2-15(3-6-17)4-7-18(21)20-8-10-22-11-9-20/h2-7,13H,8-12H2,1H3. The molecular formula is C18H20N2O3S. The van der Waals surface area contributed by atoms with Crippen molar-refractivity contribution in [2.45, 2.75) is 13.5 Å². The van der Waals surface area contributed by atoms with Gasteiger partial charge in [0.1, 0.15) is 12.4 Å². The number of carbonyl (C=O) groups is 1. The number of amides is 1. The minimum absolute atomic E-state index is 0.0255. The first-order valence-electron chi connectivity index (χ1n) is 7.89. The quantitative estimate of drug-likeness (QED) is 0.783. The summed E-state index contributed by atoms with van der Waals surface area (Å²) >= 11 is 1.62. The molecule has 2 aromatic rings. The lowest BCUT2D eigenvalue weighted by Crippen LogP contribution is -2.39. The fourth-order valence-corrected chi connectivity index (χ4v) is 2.96. The number of carbonyl (C=O) groups excluding carboxylic acids is 1. The van der Waals surface area contributed by atoms with Crippen LogP contribution in [0.2, 0.25) is 0 Å². The molecule has 0 bridgehead atoms. The molecule has 0 N–H and O–H groups in total. The third-order valence-corrected chi connectivity index (χ3v) is 4.50. The summed E-state index contributed by atoms with van der Waals surface area (Å²) in [7, 11) is 0. The highest BCUT2D eigenvalue weighted by Gasteiger charge is 2.13. The highest BCUT2D eigenvalue weighted by molar-refractivity contribution is 7.09. The molecule has 3 rings (SSSR count). The van der Waals surface area contributed by atoms with E-state index in [1.165, 1.54) is 0 Å². The second-order valence-electron chi connectivity index (χ2n) is 5.49. The third kappa shape index (κ3) is 4.66. The van der Waals surface area contributed by atoms with E-state index in [0.29, 0.717) is 32.9 Å². The molecule has 1 amide bonds. The lowest BCUT2D eigenvalue weighted by molar-refractivity contribution is -0.129. The number of aromatic nitrogens is 1. The van der Waals surface area contributed by atoms with Gasteiger partial charge >= 0.3 is 0 Å². The molecule has 24 heavy (non-hydrogen) atoms. The van der Waals surface area contributed by atoms with Crippen LogP contribution in [0.4, 0.5) is 0 Å². The van der Waals surface area contributed by atoms with E-state index in [1.807, 2.05) is 42.6 Å². The highest BCUT2D eigenvalue weighted by Crippen LogP contribution is 2.16. The second kappa shape index (κ2) is 8.08. The van der Waals surface area contributed by atoms with E-state index in [0.717, 1.165) is 22.0 Å². The summed E-state index contributed by atoms with van der Waals surface area (Å²) in [4.78, 5) is 18.2. The minimum atomic E-state index is 0.0255. The van der Waals surface area contributed by atoms with Crippen molar-refractivity contribution in [2.75, 3.05) is 26.3 Å². The monoisotopic (exact) mass is 344 g/mol. The normalized spacial score (nSPS) is 15.0. The second-order valence-corrected chi connectivity index (χ2v) is 6.55.